The van der Waals surface area contributed by atoms with Crippen LogP contribution in [-0.4, -0.2) is 27.0 Å². The maximum absolute atomic E-state index is 12.9. The average Bonchev–Trinajstić information content (AvgIpc) is 3.06. The maximum atomic E-state index is 12.9. The minimum Gasteiger partial charge on any atom is -0.550 e. The molecule has 5 rings (SSSR count). The molecule has 154 valence electrons. The van der Waals surface area contributed by atoms with E-state index in [1.54, 1.807) is 0 Å². The van der Waals surface area contributed by atoms with Gasteiger partial charge in [-0.1, -0.05) is 30.3 Å². The van der Waals surface area contributed by atoms with Crippen molar-refractivity contribution in [1.29, 1.82) is 0 Å². The number of benzene rings is 2. The lowest BCUT2D eigenvalue weighted by Crippen LogP contribution is -2.54. The first-order valence-corrected chi connectivity index (χ1v) is 10.1. The standard InChI is InChI=1S/C21H20N4O.C2H4O2/c22-12-13-9-10-25-17-8-4-1-5-14(17)19(18(25)11-13)20-21(26)24-16-7-3-2-6-15(16)23-20;1-2(3)4/h1-8,13H,9-12,22H2,(H,24,26);1H3,(H,3,4). The number of hydrogen-bond acceptors (Lipinski definition) is 4. The van der Waals surface area contributed by atoms with Gasteiger partial charge in [0.1, 0.15) is 5.69 Å². The average molecular weight is 404 g/mol. The molecular formula is C23H24N4O3. The summed E-state index contributed by atoms with van der Waals surface area (Å²) in [5.74, 6) is -0.523. The zero-order valence-corrected chi connectivity index (χ0v) is 16.9. The number of carboxylic acid groups (broad SMARTS) is 1. The molecule has 7 heteroatoms. The Morgan fingerprint density at radius 1 is 1.23 bits per heavy atom. The number of nitrogens with one attached hydrogen (secondary N) is 1. The minimum atomic E-state index is -1.08. The number of fused-ring (bicyclic) bond motifs is 4. The van der Waals surface area contributed by atoms with Crippen LogP contribution >= 0.6 is 0 Å². The molecule has 1 aliphatic rings. The summed E-state index contributed by atoms with van der Waals surface area (Å²) in [6.45, 7) is 2.87. The SMILES string of the molecule is CC(=O)[O-].[NH3+]CC1CCn2c(c(-c3nc4ccccc4[nH]c3=O)c3ccccc32)C1. The molecule has 2 aromatic heterocycles. The third-order valence-corrected chi connectivity index (χ3v) is 5.57. The molecule has 0 amide bonds. The third kappa shape index (κ3) is 3.59. The monoisotopic (exact) mass is 404 g/mol. The highest BCUT2D eigenvalue weighted by molar-refractivity contribution is 5.98. The van der Waals surface area contributed by atoms with Crippen LogP contribution in [0.25, 0.3) is 33.2 Å². The van der Waals surface area contributed by atoms with E-state index in [-0.39, 0.29) is 5.56 Å². The van der Waals surface area contributed by atoms with E-state index in [1.165, 1.54) is 11.2 Å². The summed E-state index contributed by atoms with van der Waals surface area (Å²) in [7, 11) is 0. The van der Waals surface area contributed by atoms with Gasteiger partial charge in [-0.2, -0.15) is 0 Å². The highest BCUT2D eigenvalue weighted by Gasteiger charge is 2.27. The van der Waals surface area contributed by atoms with Crippen molar-refractivity contribution in [2.75, 3.05) is 6.54 Å². The van der Waals surface area contributed by atoms with Gasteiger partial charge in [-0.05, 0) is 38.0 Å². The Bertz CT molecular complexity index is 1280. The highest BCUT2D eigenvalue weighted by atomic mass is 16.4. The number of hydrogen-bond donors (Lipinski definition) is 2. The molecule has 1 aliphatic heterocycles. The molecule has 1 atom stereocenters. The zero-order chi connectivity index (χ0) is 21.3. The number of quaternary nitrogens is 1. The Hall–Kier alpha value is -3.45. The minimum absolute atomic E-state index is 0.125. The predicted octanol–water partition coefficient (Wildman–Crippen LogP) is 1.11. The summed E-state index contributed by atoms with van der Waals surface area (Å²) in [6.07, 6.45) is 2.08. The molecule has 0 saturated carbocycles. The number of H-pyrrole nitrogens is 1. The quantitative estimate of drug-likeness (QED) is 0.520. The molecule has 30 heavy (non-hydrogen) atoms. The molecule has 0 saturated heterocycles. The third-order valence-electron chi connectivity index (χ3n) is 5.57. The van der Waals surface area contributed by atoms with Crippen molar-refractivity contribution < 1.29 is 15.6 Å². The van der Waals surface area contributed by atoms with Gasteiger partial charge in [0.25, 0.3) is 5.56 Å². The van der Waals surface area contributed by atoms with Crippen molar-refractivity contribution in [3.05, 3.63) is 64.6 Å². The zero-order valence-electron chi connectivity index (χ0n) is 16.9. The summed E-state index contributed by atoms with van der Waals surface area (Å²) < 4.78 is 2.37. The van der Waals surface area contributed by atoms with Gasteiger partial charge in [0, 0.05) is 40.6 Å². The molecule has 0 radical (unpaired) electrons. The first kappa shape index (κ1) is 19.8. The van der Waals surface area contributed by atoms with Crippen LogP contribution in [0.1, 0.15) is 19.0 Å². The number of aliphatic carboxylic acids is 1. The van der Waals surface area contributed by atoms with Gasteiger partial charge in [0.05, 0.1) is 17.6 Å². The summed E-state index contributed by atoms with van der Waals surface area (Å²) in [6, 6.07) is 16.0. The fourth-order valence-corrected chi connectivity index (χ4v) is 4.22. The van der Waals surface area contributed by atoms with E-state index in [1.807, 2.05) is 30.3 Å². The second-order valence-electron chi connectivity index (χ2n) is 7.56. The molecular weight excluding hydrogens is 380 g/mol. The van der Waals surface area contributed by atoms with Gasteiger partial charge in [0.2, 0.25) is 0 Å². The molecule has 7 nitrogen and oxygen atoms in total. The van der Waals surface area contributed by atoms with Crippen molar-refractivity contribution >= 4 is 27.9 Å². The lowest BCUT2D eigenvalue weighted by Gasteiger charge is -2.23. The van der Waals surface area contributed by atoms with Gasteiger partial charge in [-0.15, -0.1) is 0 Å². The van der Waals surface area contributed by atoms with Crippen molar-refractivity contribution in [1.82, 2.24) is 14.5 Å². The van der Waals surface area contributed by atoms with E-state index in [0.29, 0.717) is 11.6 Å². The van der Waals surface area contributed by atoms with Crippen LogP contribution in [0, 0.1) is 5.92 Å². The van der Waals surface area contributed by atoms with Crippen LogP contribution in [0.2, 0.25) is 0 Å². The molecule has 4 aromatic rings. The van der Waals surface area contributed by atoms with Gasteiger partial charge in [0.15, 0.2) is 0 Å². The van der Waals surface area contributed by atoms with Crippen LogP contribution in [-0.2, 0) is 17.8 Å². The van der Waals surface area contributed by atoms with E-state index in [9.17, 15) is 4.79 Å². The van der Waals surface area contributed by atoms with Crippen LogP contribution in [0.15, 0.2) is 53.3 Å². The maximum Gasteiger partial charge on any atom is 0.275 e. The number of aryl methyl sites for hydroxylation is 1. The van der Waals surface area contributed by atoms with E-state index in [4.69, 9.17) is 14.9 Å². The van der Waals surface area contributed by atoms with Crippen molar-refractivity contribution in [3.63, 3.8) is 0 Å². The highest BCUT2D eigenvalue weighted by Crippen LogP contribution is 2.37. The van der Waals surface area contributed by atoms with Crippen molar-refractivity contribution in [2.24, 2.45) is 5.92 Å². The van der Waals surface area contributed by atoms with E-state index in [0.717, 1.165) is 54.8 Å². The van der Waals surface area contributed by atoms with Crippen LogP contribution in [0.3, 0.4) is 0 Å². The normalized spacial score (nSPS) is 15.5. The summed E-state index contributed by atoms with van der Waals surface area (Å²) >= 11 is 0. The Balaban J connectivity index is 0.000000503. The Labute approximate surface area is 173 Å². The molecule has 1 unspecified atom stereocenters. The van der Waals surface area contributed by atoms with E-state index < -0.39 is 5.97 Å². The van der Waals surface area contributed by atoms with Crippen molar-refractivity contribution in [3.8, 4) is 11.3 Å². The van der Waals surface area contributed by atoms with Crippen LogP contribution in [0.4, 0.5) is 0 Å². The molecule has 3 heterocycles. The number of carboxylic acids is 1. The fourth-order valence-electron chi connectivity index (χ4n) is 4.22. The molecule has 0 bridgehead atoms. The molecule has 2 aromatic carbocycles. The predicted molar refractivity (Wildman–Crippen MR) is 114 cm³/mol. The largest absolute Gasteiger partial charge is 0.550 e. The Kier molecular flexibility index (Phi) is 5.37. The van der Waals surface area contributed by atoms with Gasteiger partial charge < -0.3 is 25.2 Å². The summed E-state index contributed by atoms with van der Waals surface area (Å²) in [5, 5.41) is 10.0. The second-order valence-corrected chi connectivity index (χ2v) is 7.56. The lowest BCUT2D eigenvalue weighted by molar-refractivity contribution is -0.379. The lowest BCUT2D eigenvalue weighted by atomic mass is 9.93. The number of aromatic nitrogens is 3. The van der Waals surface area contributed by atoms with Gasteiger partial charge >= 0.3 is 0 Å². The van der Waals surface area contributed by atoms with E-state index >= 15 is 0 Å². The topological polar surface area (TPSA) is 118 Å². The molecule has 0 fully saturated rings. The number of rotatable bonds is 2. The molecule has 4 N–H and O–H groups in total. The number of carbonyl (C=O) groups is 1. The molecule has 0 spiro atoms. The smallest absolute Gasteiger partial charge is 0.275 e. The van der Waals surface area contributed by atoms with Gasteiger partial charge in [-0.3, -0.25) is 4.79 Å². The second kappa shape index (κ2) is 8.12. The summed E-state index contributed by atoms with van der Waals surface area (Å²) in [4.78, 5) is 29.5. The number of para-hydroxylation sites is 3. The fraction of sp³-hybridized carbons (Fsp3) is 0.261. The van der Waals surface area contributed by atoms with Crippen LogP contribution < -0.4 is 16.4 Å². The van der Waals surface area contributed by atoms with Crippen molar-refractivity contribution in [2.45, 2.75) is 26.3 Å². The first-order chi connectivity index (χ1) is 14.5. The Morgan fingerprint density at radius 2 is 1.93 bits per heavy atom. The van der Waals surface area contributed by atoms with Crippen LogP contribution in [0.5, 0.6) is 0 Å². The summed E-state index contributed by atoms with van der Waals surface area (Å²) in [5.41, 5.74) is 9.50. The number of nitrogens with zero attached hydrogens (tertiary/aromatic N) is 2. The first-order valence-electron chi connectivity index (χ1n) is 10.1. The number of carbonyl (C=O) groups excluding carboxylic acids is 1. The number of aromatic amines is 1. The Morgan fingerprint density at radius 3 is 2.70 bits per heavy atom. The van der Waals surface area contributed by atoms with E-state index in [2.05, 4.69) is 33.5 Å². The molecule has 0 aliphatic carbocycles. The van der Waals surface area contributed by atoms with Gasteiger partial charge in [-0.25, -0.2) is 4.98 Å².